The summed E-state index contributed by atoms with van der Waals surface area (Å²) in [6, 6.07) is 9.75. The number of hydrogen-bond acceptors (Lipinski definition) is 2. The lowest BCUT2D eigenvalue weighted by atomic mass is 9.93. The Morgan fingerprint density at radius 2 is 2.00 bits per heavy atom. The number of nitrogens with zero attached hydrogens (tertiary/aromatic N) is 1. The van der Waals surface area contributed by atoms with Gasteiger partial charge in [-0.3, -0.25) is 4.90 Å². The van der Waals surface area contributed by atoms with E-state index in [1.165, 1.54) is 41.6 Å². The smallest absolute Gasteiger partial charge is 0.0233 e. The fraction of sp³-hybridized carbons (Fsp3) is 0.571. The van der Waals surface area contributed by atoms with Crippen LogP contribution in [0.3, 0.4) is 0 Å². The van der Waals surface area contributed by atoms with Crippen molar-refractivity contribution in [2.45, 2.75) is 25.4 Å². The monoisotopic (exact) mass is 378 g/mol. The summed E-state index contributed by atoms with van der Waals surface area (Å²) in [6.45, 7) is 4.89. The largest absolute Gasteiger partial charge is 0.314 e. The molecule has 0 spiro atoms. The van der Waals surface area contributed by atoms with Crippen LogP contribution in [0.2, 0.25) is 0 Å². The molecule has 3 rings (SSSR count). The van der Waals surface area contributed by atoms with Crippen molar-refractivity contribution in [2.75, 3.05) is 19.6 Å². The van der Waals surface area contributed by atoms with E-state index < -0.39 is 0 Å². The second-order valence-electron chi connectivity index (χ2n) is 5.26. The molecule has 0 saturated carbocycles. The lowest BCUT2D eigenvalue weighted by Crippen LogP contribution is -2.43. The van der Waals surface area contributed by atoms with Crippen molar-refractivity contribution in [1.29, 1.82) is 0 Å². The molecule has 0 radical (unpaired) electrons. The van der Waals surface area contributed by atoms with Crippen LogP contribution in [-0.2, 0) is 6.54 Å². The first kappa shape index (κ1) is 14.6. The summed E-state index contributed by atoms with van der Waals surface area (Å²) in [7, 11) is 0. The van der Waals surface area contributed by atoms with E-state index in [0.717, 1.165) is 18.5 Å². The molecule has 4 heteroatoms. The molecular weight excluding hydrogens is 359 g/mol. The Morgan fingerprint density at radius 3 is 2.78 bits per heavy atom. The predicted molar refractivity (Wildman–Crippen MR) is 86.2 cm³/mol. The van der Waals surface area contributed by atoms with Crippen LogP contribution in [0.5, 0.6) is 0 Å². The second kappa shape index (κ2) is 6.55. The number of likely N-dealkylation sites (tertiary alicyclic amines) is 1. The van der Waals surface area contributed by atoms with Crippen LogP contribution >= 0.6 is 35.0 Å². The number of rotatable bonds is 2. The van der Waals surface area contributed by atoms with Gasteiger partial charge >= 0.3 is 0 Å². The molecular formula is C14H20ClIN2. The van der Waals surface area contributed by atoms with E-state index in [9.17, 15) is 0 Å². The second-order valence-corrected chi connectivity index (χ2v) is 6.51. The third-order valence-corrected chi connectivity index (χ3v) is 4.78. The van der Waals surface area contributed by atoms with Crippen molar-refractivity contribution in [1.82, 2.24) is 10.2 Å². The molecule has 0 aliphatic carbocycles. The van der Waals surface area contributed by atoms with E-state index in [-0.39, 0.29) is 12.4 Å². The van der Waals surface area contributed by atoms with Gasteiger partial charge in [-0.25, -0.2) is 0 Å². The highest BCUT2D eigenvalue weighted by molar-refractivity contribution is 14.1. The van der Waals surface area contributed by atoms with Gasteiger partial charge in [-0.2, -0.15) is 0 Å². The highest BCUT2D eigenvalue weighted by Crippen LogP contribution is 2.25. The van der Waals surface area contributed by atoms with Gasteiger partial charge in [-0.05, 0) is 72.1 Å². The van der Waals surface area contributed by atoms with E-state index in [2.05, 4.69) is 57.1 Å². The minimum absolute atomic E-state index is 0. The minimum atomic E-state index is 0. The topological polar surface area (TPSA) is 15.3 Å². The van der Waals surface area contributed by atoms with Gasteiger partial charge in [-0.15, -0.1) is 12.4 Å². The van der Waals surface area contributed by atoms with Crippen LogP contribution in [0, 0.1) is 9.49 Å². The quantitative estimate of drug-likeness (QED) is 0.796. The lowest BCUT2D eigenvalue weighted by molar-refractivity contribution is 0.156. The van der Waals surface area contributed by atoms with E-state index in [0.29, 0.717) is 0 Å². The average Bonchev–Trinajstić information content (AvgIpc) is 2.79. The number of fused-ring (bicyclic) bond motifs is 1. The fourth-order valence-electron chi connectivity index (χ4n) is 3.11. The van der Waals surface area contributed by atoms with Crippen LogP contribution in [-0.4, -0.2) is 30.6 Å². The summed E-state index contributed by atoms with van der Waals surface area (Å²) in [6.07, 6.45) is 2.70. The fourth-order valence-corrected chi connectivity index (χ4v) is 3.47. The van der Waals surface area contributed by atoms with E-state index in [1.807, 2.05) is 0 Å². The maximum Gasteiger partial charge on any atom is 0.0233 e. The van der Waals surface area contributed by atoms with Crippen LogP contribution in [0.15, 0.2) is 24.3 Å². The Labute approximate surface area is 129 Å². The summed E-state index contributed by atoms with van der Waals surface area (Å²) < 4.78 is 1.32. The van der Waals surface area contributed by atoms with Crippen molar-refractivity contribution in [3.05, 3.63) is 33.4 Å². The molecule has 0 aromatic heterocycles. The van der Waals surface area contributed by atoms with Crippen LogP contribution in [0.1, 0.15) is 18.4 Å². The molecule has 2 atom stereocenters. The molecule has 1 aromatic carbocycles. The standard InChI is InChI=1S/C14H19IN2.ClH/c15-13-3-1-11(2-4-13)9-17-8-6-14-12(10-17)5-7-16-14;/h1-4,12,14,16H,5-10H2;1H. The highest BCUT2D eigenvalue weighted by atomic mass is 127. The molecule has 2 aliphatic heterocycles. The molecule has 1 aromatic rings. The van der Waals surface area contributed by atoms with Crippen LogP contribution in [0.4, 0.5) is 0 Å². The molecule has 2 saturated heterocycles. The maximum absolute atomic E-state index is 3.62. The van der Waals surface area contributed by atoms with Crippen LogP contribution in [0.25, 0.3) is 0 Å². The molecule has 2 unspecified atom stereocenters. The van der Waals surface area contributed by atoms with Crippen LogP contribution < -0.4 is 5.32 Å². The normalized spacial score (nSPS) is 27.6. The summed E-state index contributed by atoms with van der Waals surface area (Å²) in [4.78, 5) is 2.62. The number of halogens is 2. The first-order valence-electron chi connectivity index (χ1n) is 6.51. The first-order valence-corrected chi connectivity index (χ1v) is 7.59. The molecule has 0 bridgehead atoms. The Kier molecular flexibility index (Phi) is 5.30. The molecule has 18 heavy (non-hydrogen) atoms. The molecule has 100 valence electrons. The molecule has 2 nitrogen and oxygen atoms in total. The van der Waals surface area contributed by atoms with Crippen molar-refractivity contribution in [2.24, 2.45) is 5.92 Å². The molecule has 2 fully saturated rings. The van der Waals surface area contributed by atoms with E-state index in [1.54, 1.807) is 0 Å². The van der Waals surface area contributed by atoms with Gasteiger partial charge in [0.25, 0.3) is 0 Å². The Morgan fingerprint density at radius 1 is 1.22 bits per heavy atom. The zero-order valence-corrected chi connectivity index (χ0v) is 13.4. The minimum Gasteiger partial charge on any atom is -0.314 e. The van der Waals surface area contributed by atoms with Crippen molar-refractivity contribution in [3.63, 3.8) is 0 Å². The summed E-state index contributed by atoms with van der Waals surface area (Å²) in [5, 5.41) is 3.62. The van der Waals surface area contributed by atoms with E-state index in [4.69, 9.17) is 0 Å². The third kappa shape index (κ3) is 3.38. The maximum atomic E-state index is 3.62. The van der Waals surface area contributed by atoms with Gasteiger partial charge in [0, 0.05) is 22.7 Å². The van der Waals surface area contributed by atoms with Crippen molar-refractivity contribution in [3.8, 4) is 0 Å². The predicted octanol–water partition coefficient (Wildman–Crippen LogP) is 2.90. The highest BCUT2D eigenvalue weighted by Gasteiger charge is 2.32. The molecule has 1 N–H and O–H groups in total. The lowest BCUT2D eigenvalue weighted by Gasteiger charge is -2.34. The van der Waals surface area contributed by atoms with Crippen molar-refractivity contribution >= 4 is 35.0 Å². The number of piperidine rings is 1. The number of hydrogen-bond donors (Lipinski definition) is 1. The van der Waals surface area contributed by atoms with Gasteiger partial charge in [0.2, 0.25) is 0 Å². The van der Waals surface area contributed by atoms with Gasteiger partial charge in [0.15, 0.2) is 0 Å². The van der Waals surface area contributed by atoms with Crippen molar-refractivity contribution < 1.29 is 0 Å². The van der Waals surface area contributed by atoms with E-state index >= 15 is 0 Å². The van der Waals surface area contributed by atoms with Gasteiger partial charge in [0.1, 0.15) is 0 Å². The summed E-state index contributed by atoms with van der Waals surface area (Å²) in [5.74, 6) is 0.896. The summed E-state index contributed by atoms with van der Waals surface area (Å²) >= 11 is 2.37. The number of nitrogens with one attached hydrogen (secondary N) is 1. The zero-order chi connectivity index (χ0) is 11.7. The Balaban J connectivity index is 0.00000120. The van der Waals surface area contributed by atoms with Gasteiger partial charge in [-0.1, -0.05) is 12.1 Å². The molecule has 0 amide bonds. The third-order valence-electron chi connectivity index (χ3n) is 4.06. The first-order chi connectivity index (χ1) is 8.31. The number of benzene rings is 1. The zero-order valence-electron chi connectivity index (χ0n) is 10.4. The van der Waals surface area contributed by atoms with Gasteiger partial charge in [0.05, 0.1) is 0 Å². The Bertz CT molecular complexity index is 382. The average molecular weight is 379 g/mol. The Hall–Kier alpha value is 0.160. The molecule has 2 heterocycles. The van der Waals surface area contributed by atoms with Gasteiger partial charge < -0.3 is 5.32 Å². The SMILES string of the molecule is Cl.Ic1ccc(CN2CCC3NCCC3C2)cc1. The summed E-state index contributed by atoms with van der Waals surface area (Å²) in [5.41, 5.74) is 1.45. The molecule has 2 aliphatic rings.